The normalized spacial score (nSPS) is 11.1. The molecule has 23 heavy (non-hydrogen) atoms. The van der Waals surface area contributed by atoms with Crippen LogP contribution in [0.4, 0.5) is 0 Å². The van der Waals surface area contributed by atoms with Gasteiger partial charge in [-0.15, -0.1) is 0 Å². The Bertz CT molecular complexity index is 738. The molecular formula is C17H15N3O3. The van der Waals surface area contributed by atoms with Crippen molar-refractivity contribution in [3.05, 3.63) is 65.5 Å². The molecule has 1 amide bonds. The summed E-state index contributed by atoms with van der Waals surface area (Å²) in [6.45, 7) is 0. The van der Waals surface area contributed by atoms with Crippen LogP contribution in [0.15, 0.2) is 48.8 Å². The summed E-state index contributed by atoms with van der Waals surface area (Å²) >= 11 is 0. The number of hydrogen-bond donors (Lipinski definition) is 1. The third kappa shape index (κ3) is 4.38. The standard InChI is InChI=1S/C17H15N3O3/c1-23-17(22)15(9-12-4-2-5-13(8-12)10-18)20-16(21)14-6-3-7-19-11-14/h2-8,11,15H,9H2,1H3,(H,20,21)/t15-/m1/s1. The Hall–Kier alpha value is -3.20. The highest BCUT2D eigenvalue weighted by Gasteiger charge is 2.22. The first kappa shape index (κ1) is 16.2. The van der Waals surface area contributed by atoms with Crippen LogP contribution >= 0.6 is 0 Å². The molecule has 0 bridgehead atoms. The van der Waals surface area contributed by atoms with Crippen molar-refractivity contribution in [3.8, 4) is 6.07 Å². The summed E-state index contributed by atoms with van der Waals surface area (Å²) in [5.41, 5.74) is 1.60. The lowest BCUT2D eigenvalue weighted by molar-refractivity contribution is -0.142. The van der Waals surface area contributed by atoms with Gasteiger partial charge in [-0.2, -0.15) is 5.26 Å². The van der Waals surface area contributed by atoms with Gasteiger partial charge in [0, 0.05) is 18.8 Å². The number of carbonyl (C=O) groups excluding carboxylic acids is 2. The number of amides is 1. The van der Waals surface area contributed by atoms with E-state index in [-0.39, 0.29) is 6.42 Å². The first-order valence-electron chi connectivity index (χ1n) is 6.92. The average molecular weight is 309 g/mol. The van der Waals surface area contributed by atoms with Gasteiger partial charge in [0.05, 0.1) is 24.3 Å². The first-order chi connectivity index (χ1) is 11.1. The Morgan fingerprint density at radius 2 is 2.17 bits per heavy atom. The van der Waals surface area contributed by atoms with E-state index in [9.17, 15) is 9.59 Å². The minimum Gasteiger partial charge on any atom is -0.467 e. The summed E-state index contributed by atoms with van der Waals surface area (Å²) in [5.74, 6) is -0.963. The zero-order valence-corrected chi connectivity index (χ0v) is 12.5. The maximum absolute atomic E-state index is 12.2. The topological polar surface area (TPSA) is 92.1 Å². The summed E-state index contributed by atoms with van der Waals surface area (Å²) in [6.07, 6.45) is 3.20. The minimum atomic E-state index is -0.846. The molecular weight excluding hydrogens is 294 g/mol. The van der Waals surface area contributed by atoms with E-state index in [1.165, 1.54) is 13.3 Å². The molecule has 0 spiro atoms. The molecule has 0 saturated carbocycles. The zero-order chi connectivity index (χ0) is 16.7. The van der Waals surface area contributed by atoms with Gasteiger partial charge in [0.25, 0.3) is 5.91 Å². The van der Waals surface area contributed by atoms with Crippen LogP contribution in [-0.2, 0) is 16.0 Å². The van der Waals surface area contributed by atoms with Crippen LogP contribution in [0.25, 0.3) is 0 Å². The van der Waals surface area contributed by atoms with Gasteiger partial charge in [-0.3, -0.25) is 9.78 Å². The van der Waals surface area contributed by atoms with E-state index in [1.807, 2.05) is 6.07 Å². The molecule has 2 rings (SSSR count). The molecule has 0 unspecified atom stereocenters. The average Bonchev–Trinajstić information content (AvgIpc) is 2.61. The van der Waals surface area contributed by atoms with Crippen molar-refractivity contribution in [1.82, 2.24) is 10.3 Å². The van der Waals surface area contributed by atoms with Crippen molar-refractivity contribution < 1.29 is 14.3 Å². The molecule has 0 saturated heterocycles. The molecule has 0 radical (unpaired) electrons. The van der Waals surface area contributed by atoms with Crippen LogP contribution in [-0.4, -0.2) is 30.0 Å². The Morgan fingerprint density at radius 3 is 2.83 bits per heavy atom. The Balaban J connectivity index is 2.16. The van der Waals surface area contributed by atoms with Crippen LogP contribution < -0.4 is 5.32 Å². The Morgan fingerprint density at radius 1 is 1.35 bits per heavy atom. The SMILES string of the molecule is COC(=O)[C@@H](Cc1cccc(C#N)c1)NC(=O)c1cccnc1. The number of nitrogens with one attached hydrogen (secondary N) is 1. The minimum absolute atomic E-state index is 0.230. The fourth-order valence-electron chi connectivity index (χ4n) is 2.08. The van der Waals surface area contributed by atoms with E-state index >= 15 is 0 Å². The molecule has 1 atom stereocenters. The number of nitriles is 1. The number of nitrogens with zero attached hydrogens (tertiary/aromatic N) is 2. The fourth-order valence-corrected chi connectivity index (χ4v) is 2.08. The van der Waals surface area contributed by atoms with Crippen LogP contribution in [0.3, 0.4) is 0 Å². The molecule has 0 aliphatic heterocycles. The number of aromatic nitrogens is 1. The van der Waals surface area contributed by atoms with Crippen molar-refractivity contribution >= 4 is 11.9 Å². The van der Waals surface area contributed by atoms with Crippen LogP contribution in [0.1, 0.15) is 21.5 Å². The number of hydrogen-bond acceptors (Lipinski definition) is 5. The van der Waals surface area contributed by atoms with Crippen LogP contribution in [0, 0.1) is 11.3 Å². The number of carbonyl (C=O) groups is 2. The quantitative estimate of drug-likeness (QED) is 0.844. The number of pyridine rings is 1. The van der Waals surface area contributed by atoms with Crippen LogP contribution in [0.5, 0.6) is 0 Å². The van der Waals surface area contributed by atoms with Crippen molar-refractivity contribution in [2.45, 2.75) is 12.5 Å². The lowest BCUT2D eigenvalue weighted by Crippen LogP contribution is -2.43. The Labute approximate surface area is 133 Å². The molecule has 1 aromatic heterocycles. The van der Waals surface area contributed by atoms with E-state index in [0.717, 1.165) is 5.56 Å². The predicted molar refractivity (Wildman–Crippen MR) is 82.4 cm³/mol. The molecule has 0 aliphatic rings. The van der Waals surface area contributed by atoms with Crippen molar-refractivity contribution in [2.75, 3.05) is 7.11 Å². The van der Waals surface area contributed by atoms with Gasteiger partial charge in [0.2, 0.25) is 0 Å². The van der Waals surface area contributed by atoms with Gasteiger partial charge in [0.1, 0.15) is 6.04 Å². The second-order valence-electron chi connectivity index (χ2n) is 4.81. The molecule has 0 aliphatic carbocycles. The summed E-state index contributed by atoms with van der Waals surface area (Å²) in [4.78, 5) is 28.0. The maximum Gasteiger partial charge on any atom is 0.328 e. The predicted octanol–water partition coefficient (Wildman–Crippen LogP) is 1.47. The smallest absolute Gasteiger partial charge is 0.328 e. The lowest BCUT2D eigenvalue weighted by Gasteiger charge is -2.16. The van der Waals surface area contributed by atoms with Gasteiger partial charge < -0.3 is 10.1 Å². The molecule has 6 heteroatoms. The maximum atomic E-state index is 12.2. The van der Waals surface area contributed by atoms with E-state index in [2.05, 4.69) is 10.3 Å². The number of ether oxygens (including phenoxy) is 1. The summed E-state index contributed by atoms with van der Waals surface area (Å²) < 4.78 is 4.74. The van der Waals surface area contributed by atoms with Crippen molar-refractivity contribution in [3.63, 3.8) is 0 Å². The van der Waals surface area contributed by atoms with Crippen LogP contribution in [0.2, 0.25) is 0 Å². The molecule has 1 aromatic carbocycles. The number of esters is 1. The van der Waals surface area contributed by atoms with Gasteiger partial charge in [-0.1, -0.05) is 12.1 Å². The molecule has 1 N–H and O–H groups in total. The number of rotatable bonds is 5. The second-order valence-corrected chi connectivity index (χ2v) is 4.81. The van der Waals surface area contributed by atoms with Gasteiger partial charge in [-0.05, 0) is 29.8 Å². The van der Waals surface area contributed by atoms with Gasteiger partial charge >= 0.3 is 5.97 Å². The number of benzene rings is 1. The largest absolute Gasteiger partial charge is 0.467 e. The number of methoxy groups -OCH3 is 1. The molecule has 1 heterocycles. The zero-order valence-electron chi connectivity index (χ0n) is 12.5. The molecule has 0 fully saturated rings. The van der Waals surface area contributed by atoms with Crippen molar-refractivity contribution in [2.24, 2.45) is 0 Å². The van der Waals surface area contributed by atoms with E-state index in [1.54, 1.807) is 42.6 Å². The van der Waals surface area contributed by atoms with E-state index in [4.69, 9.17) is 10.00 Å². The highest BCUT2D eigenvalue weighted by atomic mass is 16.5. The fraction of sp³-hybridized carbons (Fsp3) is 0.176. The third-order valence-corrected chi connectivity index (χ3v) is 3.21. The monoisotopic (exact) mass is 309 g/mol. The van der Waals surface area contributed by atoms with E-state index in [0.29, 0.717) is 11.1 Å². The Kier molecular flexibility index (Phi) is 5.42. The molecule has 116 valence electrons. The summed E-state index contributed by atoms with van der Waals surface area (Å²) in [6, 6.07) is 11.3. The molecule has 2 aromatic rings. The van der Waals surface area contributed by atoms with E-state index < -0.39 is 17.9 Å². The summed E-state index contributed by atoms with van der Waals surface area (Å²) in [5, 5.41) is 11.6. The highest BCUT2D eigenvalue weighted by Crippen LogP contribution is 2.09. The lowest BCUT2D eigenvalue weighted by atomic mass is 10.0. The molecule has 6 nitrogen and oxygen atoms in total. The summed E-state index contributed by atoms with van der Waals surface area (Å²) in [7, 11) is 1.26. The van der Waals surface area contributed by atoms with Crippen molar-refractivity contribution in [1.29, 1.82) is 5.26 Å². The first-order valence-corrected chi connectivity index (χ1v) is 6.92. The van der Waals surface area contributed by atoms with Gasteiger partial charge in [0.15, 0.2) is 0 Å². The second kappa shape index (κ2) is 7.71. The van der Waals surface area contributed by atoms with Gasteiger partial charge in [-0.25, -0.2) is 4.79 Å². The third-order valence-electron chi connectivity index (χ3n) is 3.21. The highest BCUT2D eigenvalue weighted by molar-refractivity contribution is 5.96.